The predicted molar refractivity (Wildman–Crippen MR) is 83.7 cm³/mol. The molecular formula is C13H16ClF2N3O2S. The van der Waals surface area contributed by atoms with E-state index in [2.05, 4.69) is 10.6 Å². The van der Waals surface area contributed by atoms with E-state index in [1.165, 1.54) is 10.8 Å². The van der Waals surface area contributed by atoms with Crippen molar-refractivity contribution in [2.75, 3.05) is 18.9 Å². The lowest BCUT2D eigenvalue weighted by molar-refractivity contribution is -0.115. The fourth-order valence-electron chi connectivity index (χ4n) is 2.07. The van der Waals surface area contributed by atoms with Gasteiger partial charge in [0, 0.05) is 31.8 Å². The lowest BCUT2D eigenvalue weighted by atomic mass is 10.2. The number of thioether (sulfide) groups is 1. The number of anilines is 1. The first-order valence-electron chi connectivity index (χ1n) is 6.71. The molecule has 9 heteroatoms. The molecule has 22 heavy (non-hydrogen) atoms. The summed E-state index contributed by atoms with van der Waals surface area (Å²) in [6, 6.07) is 0.959. The first-order valence-corrected chi connectivity index (χ1v) is 8.09. The molecule has 3 atom stereocenters. The van der Waals surface area contributed by atoms with Crippen LogP contribution in [0.1, 0.15) is 6.42 Å². The molecule has 1 fully saturated rings. The van der Waals surface area contributed by atoms with E-state index in [0.29, 0.717) is 6.54 Å². The number of carbonyl (C=O) groups is 1. The van der Waals surface area contributed by atoms with Crippen LogP contribution in [0.5, 0.6) is 0 Å². The third-order valence-electron chi connectivity index (χ3n) is 3.22. The van der Waals surface area contributed by atoms with E-state index in [0.717, 1.165) is 17.8 Å². The van der Waals surface area contributed by atoms with Crippen molar-refractivity contribution in [1.29, 1.82) is 0 Å². The molecule has 3 unspecified atom stereocenters. The van der Waals surface area contributed by atoms with E-state index in [1.807, 2.05) is 0 Å². The van der Waals surface area contributed by atoms with Gasteiger partial charge in [-0.15, -0.1) is 23.4 Å². The Labute approximate surface area is 135 Å². The summed E-state index contributed by atoms with van der Waals surface area (Å²) in [4.78, 5) is 23.7. The van der Waals surface area contributed by atoms with Gasteiger partial charge in [-0.2, -0.15) is 0 Å². The molecule has 1 saturated heterocycles. The van der Waals surface area contributed by atoms with E-state index < -0.39 is 33.4 Å². The Morgan fingerprint density at radius 1 is 1.59 bits per heavy atom. The van der Waals surface area contributed by atoms with Crippen molar-refractivity contribution in [3.8, 4) is 0 Å². The van der Waals surface area contributed by atoms with Crippen LogP contribution in [0.3, 0.4) is 0 Å². The summed E-state index contributed by atoms with van der Waals surface area (Å²) in [5, 5.41) is 4.73. The summed E-state index contributed by atoms with van der Waals surface area (Å²) in [5.74, 6) is -1.40. The number of nitrogens with one attached hydrogen (secondary N) is 2. The zero-order chi connectivity index (χ0) is 16.3. The van der Waals surface area contributed by atoms with Gasteiger partial charge in [0.05, 0.1) is 10.9 Å². The molecule has 0 spiro atoms. The van der Waals surface area contributed by atoms with Crippen molar-refractivity contribution >= 4 is 35.0 Å². The van der Waals surface area contributed by atoms with E-state index in [9.17, 15) is 18.4 Å². The van der Waals surface area contributed by atoms with E-state index >= 15 is 0 Å². The molecule has 2 heterocycles. The van der Waals surface area contributed by atoms with Crippen LogP contribution in [-0.2, 0) is 11.3 Å². The molecular weight excluding hydrogens is 336 g/mol. The zero-order valence-corrected chi connectivity index (χ0v) is 13.4. The zero-order valence-electron chi connectivity index (χ0n) is 11.8. The van der Waals surface area contributed by atoms with Crippen LogP contribution in [0.4, 0.5) is 14.5 Å². The molecule has 5 nitrogen and oxygen atoms in total. The minimum absolute atomic E-state index is 0.0204. The van der Waals surface area contributed by atoms with Gasteiger partial charge < -0.3 is 15.2 Å². The maximum atomic E-state index is 13.6. The Morgan fingerprint density at radius 2 is 2.32 bits per heavy atom. The van der Waals surface area contributed by atoms with Crippen molar-refractivity contribution in [2.24, 2.45) is 0 Å². The van der Waals surface area contributed by atoms with Crippen molar-refractivity contribution < 1.29 is 13.6 Å². The second-order valence-electron chi connectivity index (χ2n) is 4.90. The molecule has 0 bridgehead atoms. The number of rotatable bonds is 5. The number of nitrogens with zero attached hydrogens (tertiary/aromatic N) is 1. The number of hydrogen-bond donors (Lipinski definition) is 2. The minimum atomic E-state index is -1.25. The number of pyridine rings is 1. The van der Waals surface area contributed by atoms with Gasteiger partial charge in [-0.3, -0.25) is 9.59 Å². The maximum Gasteiger partial charge on any atom is 0.286 e. The second kappa shape index (κ2) is 7.43. The summed E-state index contributed by atoms with van der Waals surface area (Å²) in [7, 11) is 1.71. The third-order valence-corrected chi connectivity index (χ3v) is 5.10. The predicted octanol–water partition coefficient (Wildman–Crippen LogP) is 1.55. The average Bonchev–Trinajstić information content (AvgIpc) is 2.81. The highest BCUT2D eigenvalue weighted by atomic mass is 35.5. The Balaban J connectivity index is 2.11. The van der Waals surface area contributed by atoms with Crippen LogP contribution >= 0.6 is 23.4 Å². The molecule has 0 radical (unpaired) electrons. The smallest absolute Gasteiger partial charge is 0.286 e. The van der Waals surface area contributed by atoms with E-state index in [4.69, 9.17) is 11.6 Å². The highest BCUT2D eigenvalue weighted by Gasteiger charge is 2.37. The molecule has 122 valence electrons. The van der Waals surface area contributed by atoms with Crippen LogP contribution in [-0.4, -0.2) is 40.2 Å². The molecule has 1 aromatic heterocycles. The van der Waals surface area contributed by atoms with Crippen LogP contribution in [0.15, 0.2) is 17.1 Å². The summed E-state index contributed by atoms with van der Waals surface area (Å²) < 4.78 is 27.4. The minimum Gasteiger partial charge on any atom is -0.324 e. The summed E-state index contributed by atoms with van der Waals surface area (Å²) >= 11 is 6.76. The molecule has 1 aliphatic heterocycles. The van der Waals surface area contributed by atoms with Crippen molar-refractivity contribution in [3.05, 3.63) is 28.4 Å². The molecule has 2 N–H and O–H groups in total. The SMILES string of the molecule is CNCCn1cc(NC(=O)C2CC(F)C(Cl)S2)cc(F)c1=O. The highest BCUT2D eigenvalue weighted by molar-refractivity contribution is 8.02. The lowest BCUT2D eigenvalue weighted by Gasteiger charge is -2.12. The number of hydrogen-bond acceptors (Lipinski definition) is 4. The lowest BCUT2D eigenvalue weighted by Crippen LogP contribution is -2.29. The number of likely N-dealkylation sites (N-methyl/N-ethyl adjacent to an activating group) is 1. The van der Waals surface area contributed by atoms with Gasteiger partial charge in [0.15, 0.2) is 5.82 Å². The number of amides is 1. The Kier molecular flexibility index (Phi) is 5.82. The summed E-state index contributed by atoms with van der Waals surface area (Å²) in [5.41, 5.74) is -0.597. The van der Waals surface area contributed by atoms with Gasteiger partial charge in [0.25, 0.3) is 5.56 Å². The maximum absolute atomic E-state index is 13.6. The number of carbonyl (C=O) groups excluding carboxylic acids is 1. The monoisotopic (exact) mass is 351 g/mol. The Morgan fingerprint density at radius 3 is 2.91 bits per heavy atom. The molecule has 0 aromatic carbocycles. The van der Waals surface area contributed by atoms with Gasteiger partial charge in [-0.1, -0.05) is 0 Å². The standard InChI is InChI=1S/C13H16ClF2N3O2S/c1-17-2-3-19-6-7(4-9(16)13(19)21)18-12(20)10-5-8(15)11(14)22-10/h4,6,8,10-11,17H,2-3,5H2,1H3,(H,18,20). The van der Waals surface area contributed by atoms with Crippen LogP contribution in [0.25, 0.3) is 0 Å². The number of aromatic nitrogens is 1. The fraction of sp³-hybridized carbons (Fsp3) is 0.538. The van der Waals surface area contributed by atoms with E-state index in [1.54, 1.807) is 7.05 Å². The van der Waals surface area contributed by atoms with Gasteiger partial charge >= 0.3 is 0 Å². The second-order valence-corrected chi connectivity index (χ2v) is 6.97. The van der Waals surface area contributed by atoms with Gasteiger partial charge in [-0.25, -0.2) is 8.78 Å². The Bertz CT molecular complexity index is 603. The number of alkyl halides is 2. The van der Waals surface area contributed by atoms with Gasteiger partial charge in [0.1, 0.15) is 10.9 Å². The molecule has 2 rings (SSSR count). The number of halogens is 3. The van der Waals surface area contributed by atoms with Crippen LogP contribution in [0, 0.1) is 5.82 Å². The van der Waals surface area contributed by atoms with E-state index in [-0.39, 0.29) is 18.7 Å². The normalized spacial score (nSPS) is 24.5. The first-order chi connectivity index (χ1) is 10.4. The first kappa shape index (κ1) is 17.2. The molecule has 1 amide bonds. The van der Waals surface area contributed by atoms with Crippen LogP contribution < -0.4 is 16.2 Å². The molecule has 0 saturated carbocycles. The molecule has 1 aliphatic rings. The molecule has 1 aromatic rings. The highest BCUT2D eigenvalue weighted by Crippen LogP contribution is 2.38. The topological polar surface area (TPSA) is 63.1 Å². The summed E-state index contributed by atoms with van der Waals surface area (Å²) in [6.45, 7) is 0.747. The molecule has 0 aliphatic carbocycles. The summed E-state index contributed by atoms with van der Waals surface area (Å²) in [6.07, 6.45) is 0.140. The van der Waals surface area contributed by atoms with Crippen LogP contribution in [0.2, 0.25) is 0 Å². The van der Waals surface area contributed by atoms with Crippen molar-refractivity contribution in [2.45, 2.75) is 29.1 Å². The Hall–Kier alpha value is -1.12. The fourth-order valence-corrected chi connectivity index (χ4v) is 3.62. The largest absolute Gasteiger partial charge is 0.324 e. The van der Waals surface area contributed by atoms with Gasteiger partial charge in [0.2, 0.25) is 5.91 Å². The average molecular weight is 352 g/mol. The third kappa shape index (κ3) is 3.99. The quantitative estimate of drug-likeness (QED) is 0.790. The van der Waals surface area contributed by atoms with Gasteiger partial charge in [-0.05, 0) is 7.05 Å². The van der Waals surface area contributed by atoms with Crippen molar-refractivity contribution in [3.63, 3.8) is 0 Å². The van der Waals surface area contributed by atoms with Crippen molar-refractivity contribution in [1.82, 2.24) is 9.88 Å².